The van der Waals surface area contributed by atoms with Crippen molar-refractivity contribution in [2.75, 3.05) is 20.1 Å². The molecule has 0 saturated carbocycles. The zero-order valence-electron chi connectivity index (χ0n) is 11.9. The molecule has 1 aliphatic heterocycles. The monoisotopic (exact) mass is 264 g/mol. The zero-order chi connectivity index (χ0) is 13.7. The van der Waals surface area contributed by atoms with E-state index in [1.807, 2.05) is 24.1 Å². The molecule has 2 heterocycles. The van der Waals surface area contributed by atoms with Gasteiger partial charge in [0.1, 0.15) is 5.76 Å². The van der Waals surface area contributed by atoms with Crippen LogP contribution < -0.4 is 5.32 Å². The maximum Gasteiger partial charge on any atom is 0.229 e. The van der Waals surface area contributed by atoms with Gasteiger partial charge in [0.25, 0.3) is 0 Å². The van der Waals surface area contributed by atoms with Crippen LogP contribution >= 0.6 is 0 Å². The van der Waals surface area contributed by atoms with Crippen LogP contribution in [0.2, 0.25) is 0 Å². The minimum absolute atomic E-state index is 0.165. The molecule has 2 rings (SSSR count). The minimum atomic E-state index is -0.165. The first-order valence-electron chi connectivity index (χ1n) is 7.16. The van der Waals surface area contributed by atoms with Gasteiger partial charge >= 0.3 is 0 Å². The number of carbonyl (C=O) groups is 1. The fraction of sp³-hybridized carbons (Fsp3) is 0.667. The smallest absolute Gasteiger partial charge is 0.229 e. The Hall–Kier alpha value is -1.29. The SMILES string of the molecule is CCCC1(C(=O)N(C)Cc2ccco2)CCNCC1. The van der Waals surface area contributed by atoms with Gasteiger partial charge in [0.2, 0.25) is 5.91 Å². The molecule has 0 radical (unpaired) electrons. The van der Waals surface area contributed by atoms with E-state index in [1.165, 1.54) is 0 Å². The van der Waals surface area contributed by atoms with Gasteiger partial charge in [0, 0.05) is 7.05 Å². The Morgan fingerprint density at radius 2 is 2.21 bits per heavy atom. The van der Waals surface area contributed by atoms with E-state index >= 15 is 0 Å². The van der Waals surface area contributed by atoms with Crippen LogP contribution in [0.3, 0.4) is 0 Å². The van der Waals surface area contributed by atoms with Gasteiger partial charge in [0.05, 0.1) is 18.2 Å². The summed E-state index contributed by atoms with van der Waals surface area (Å²) in [5.41, 5.74) is -0.165. The summed E-state index contributed by atoms with van der Waals surface area (Å²) in [6, 6.07) is 3.78. The highest BCUT2D eigenvalue weighted by atomic mass is 16.3. The van der Waals surface area contributed by atoms with Crippen LogP contribution in [0.1, 0.15) is 38.4 Å². The quantitative estimate of drug-likeness (QED) is 0.888. The van der Waals surface area contributed by atoms with Crippen molar-refractivity contribution in [2.24, 2.45) is 5.41 Å². The largest absolute Gasteiger partial charge is 0.467 e. The first-order valence-corrected chi connectivity index (χ1v) is 7.16. The molecular weight excluding hydrogens is 240 g/mol. The Morgan fingerprint density at radius 3 is 2.79 bits per heavy atom. The fourth-order valence-electron chi connectivity index (χ4n) is 3.07. The summed E-state index contributed by atoms with van der Waals surface area (Å²) in [4.78, 5) is 14.6. The van der Waals surface area contributed by atoms with Crippen LogP contribution in [0.15, 0.2) is 22.8 Å². The first kappa shape index (κ1) is 14.1. The van der Waals surface area contributed by atoms with E-state index in [2.05, 4.69) is 12.2 Å². The molecule has 0 unspecified atom stereocenters. The van der Waals surface area contributed by atoms with E-state index in [0.717, 1.165) is 44.5 Å². The number of carbonyl (C=O) groups excluding carboxylic acids is 1. The number of hydrogen-bond acceptors (Lipinski definition) is 3. The second-order valence-electron chi connectivity index (χ2n) is 5.52. The molecule has 106 valence electrons. The summed E-state index contributed by atoms with van der Waals surface area (Å²) in [5, 5.41) is 3.35. The molecule has 1 amide bonds. The normalized spacial score (nSPS) is 18.2. The van der Waals surface area contributed by atoms with Crippen molar-refractivity contribution >= 4 is 5.91 Å². The Morgan fingerprint density at radius 1 is 1.47 bits per heavy atom. The van der Waals surface area contributed by atoms with Gasteiger partial charge in [-0.15, -0.1) is 0 Å². The molecule has 4 nitrogen and oxygen atoms in total. The Kier molecular flexibility index (Phi) is 4.64. The topological polar surface area (TPSA) is 45.5 Å². The fourth-order valence-corrected chi connectivity index (χ4v) is 3.07. The van der Waals surface area contributed by atoms with Crippen LogP contribution in [0.25, 0.3) is 0 Å². The molecule has 1 aromatic rings. The highest BCUT2D eigenvalue weighted by Crippen LogP contribution is 2.36. The predicted octanol–water partition coefficient (Wildman–Crippen LogP) is 2.41. The summed E-state index contributed by atoms with van der Waals surface area (Å²) in [5.74, 6) is 1.11. The average Bonchev–Trinajstić information content (AvgIpc) is 2.92. The van der Waals surface area contributed by atoms with Crippen LogP contribution in [0.4, 0.5) is 0 Å². The summed E-state index contributed by atoms with van der Waals surface area (Å²) < 4.78 is 5.33. The number of nitrogens with one attached hydrogen (secondary N) is 1. The molecule has 4 heteroatoms. The van der Waals surface area contributed by atoms with Crippen LogP contribution in [-0.4, -0.2) is 30.9 Å². The third-order valence-corrected chi connectivity index (χ3v) is 4.06. The molecule has 1 aliphatic rings. The van der Waals surface area contributed by atoms with Crippen LogP contribution in [0.5, 0.6) is 0 Å². The average molecular weight is 264 g/mol. The number of furan rings is 1. The van der Waals surface area contributed by atoms with Gasteiger partial charge in [-0.3, -0.25) is 4.79 Å². The highest BCUT2D eigenvalue weighted by Gasteiger charge is 2.40. The van der Waals surface area contributed by atoms with Crippen molar-refractivity contribution in [3.05, 3.63) is 24.2 Å². The van der Waals surface area contributed by atoms with Crippen LogP contribution in [-0.2, 0) is 11.3 Å². The van der Waals surface area contributed by atoms with E-state index in [0.29, 0.717) is 6.54 Å². The van der Waals surface area contributed by atoms with Gasteiger partial charge in [-0.1, -0.05) is 13.3 Å². The maximum absolute atomic E-state index is 12.8. The minimum Gasteiger partial charge on any atom is -0.467 e. The molecule has 0 atom stereocenters. The van der Waals surface area contributed by atoms with E-state index in [-0.39, 0.29) is 11.3 Å². The van der Waals surface area contributed by atoms with Gasteiger partial charge in [-0.05, 0) is 44.5 Å². The zero-order valence-corrected chi connectivity index (χ0v) is 11.9. The van der Waals surface area contributed by atoms with E-state index < -0.39 is 0 Å². The van der Waals surface area contributed by atoms with Crippen LogP contribution in [0, 0.1) is 5.41 Å². The Balaban J connectivity index is 2.05. The van der Waals surface area contributed by atoms with Crippen molar-refractivity contribution in [1.29, 1.82) is 0 Å². The Labute approximate surface area is 115 Å². The number of nitrogens with zero attached hydrogens (tertiary/aromatic N) is 1. The maximum atomic E-state index is 12.8. The van der Waals surface area contributed by atoms with Crippen molar-refractivity contribution in [2.45, 2.75) is 39.2 Å². The van der Waals surface area contributed by atoms with Crippen molar-refractivity contribution in [3.8, 4) is 0 Å². The molecule has 0 aliphatic carbocycles. The molecule has 0 aromatic carbocycles. The van der Waals surface area contributed by atoms with Crippen molar-refractivity contribution < 1.29 is 9.21 Å². The lowest BCUT2D eigenvalue weighted by atomic mass is 9.74. The number of piperidine rings is 1. The van der Waals surface area contributed by atoms with Gasteiger partial charge in [0.15, 0.2) is 0 Å². The molecule has 1 saturated heterocycles. The lowest BCUT2D eigenvalue weighted by Gasteiger charge is -2.38. The van der Waals surface area contributed by atoms with Gasteiger partial charge in [-0.2, -0.15) is 0 Å². The third kappa shape index (κ3) is 3.18. The van der Waals surface area contributed by atoms with Crippen molar-refractivity contribution in [3.63, 3.8) is 0 Å². The molecular formula is C15H24N2O2. The lowest BCUT2D eigenvalue weighted by molar-refractivity contribution is -0.143. The van der Waals surface area contributed by atoms with E-state index in [9.17, 15) is 4.79 Å². The number of rotatable bonds is 5. The van der Waals surface area contributed by atoms with E-state index in [1.54, 1.807) is 6.26 Å². The standard InChI is InChI=1S/C15H24N2O2/c1-3-6-15(7-9-16-10-8-15)14(18)17(2)12-13-5-4-11-19-13/h4-5,11,16H,3,6-10,12H2,1-2H3. The third-order valence-electron chi connectivity index (χ3n) is 4.06. The van der Waals surface area contributed by atoms with E-state index in [4.69, 9.17) is 4.42 Å². The van der Waals surface area contributed by atoms with Gasteiger partial charge < -0.3 is 14.6 Å². The first-order chi connectivity index (χ1) is 9.18. The predicted molar refractivity (Wildman–Crippen MR) is 74.6 cm³/mol. The summed E-state index contributed by atoms with van der Waals surface area (Å²) >= 11 is 0. The Bertz CT molecular complexity index is 389. The summed E-state index contributed by atoms with van der Waals surface area (Å²) in [7, 11) is 1.88. The lowest BCUT2D eigenvalue weighted by Crippen LogP contribution is -2.47. The highest BCUT2D eigenvalue weighted by molar-refractivity contribution is 5.82. The summed E-state index contributed by atoms with van der Waals surface area (Å²) in [6.07, 6.45) is 5.58. The summed E-state index contributed by atoms with van der Waals surface area (Å²) in [6.45, 7) is 4.61. The molecule has 0 bridgehead atoms. The molecule has 1 N–H and O–H groups in total. The second kappa shape index (κ2) is 6.24. The molecule has 19 heavy (non-hydrogen) atoms. The molecule has 1 aromatic heterocycles. The second-order valence-corrected chi connectivity index (χ2v) is 5.52. The number of amides is 1. The van der Waals surface area contributed by atoms with Gasteiger partial charge in [-0.25, -0.2) is 0 Å². The molecule has 0 spiro atoms. The van der Waals surface area contributed by atoms with Crippen molar-refractivity contribution in [1.82, 2.24) is 10.2 Å². The molecule has 1 fully saturated rings. The number of hydrogen-bond donors (Lipinski definition) is 1.